The molecule has 1 atom stereocenters. The summed E-state index contributed by atoms with van der Waals surface area (Å²) in [6, 6.07) is 5.40. The molecule has 2 rings (SSSR count). The summed E-state index contributed by atoms with van der Waals surface area (Å²) in [6.45, 7) is 0. The van der Waals surface area contributed by atoms with Crippen LogP contribution in [0.5, 0.6) is 0 Å². The fourth-order valence-electron chi connectivity index (χ4n) is 1.78. The molecular weight excluding hydrogens is 166 g/mol. The fraction of sp³-hybridized carbons (Fsp3) is 0.400. The van der Waals surface area contributed by atoms with Crippen LogP contribution in [0.15, 0.2) is 23.4 Å². The van der Waals surface area contributed by atoms with Gasteiger partial charge in [-0.25, -0.2) is 0 Å². The van der Waals surface area contributed by atoms with Crippen molar-refractivity contribution in [1.82, 2.24) is 0 Å². The molecule has 0 bridgehead atoms. The maximum atomic E-state index is 10.3. The molecule has 0 aliphatic heterocycles. The second-order valence-electron chi connectivity index (χ2n) is 3.44. The maximum Gasteiger partial charge on any atom is 0.108 e. The molecule has 3 nitrogen and oxygen atoms in total. The van der Waals surface area contributed by atoms with Gasteiger partial charge in [-0.3, -0.25) is 0 Å². The van der Waals surface area contributed by atoms with Gasteiger partial charge in [-0.1, -0.05) is 6.07 Å². The SMILES string of the molecule is O=Nc1ccc2c(c1)CC[C@@H](O)C2. The van der Waals surface area contributed by atoms with Gasteiger partial charge in [0.2, 0.25) is 0 Å². The smallest absolute Gasteiger partial charge is 0.108 e. The summed E-state index contributed by atoms with van der Waals surface area (Å²) >= 11 is 0. The highest BCUT2D eigenvalue weighted by atomic mass is 16.3. The molecule has 0 radical (unpaired) electrons. The maximum absolute atomic E-state index is 10.3. The summed E-state index contributed by atoms with van der Waals surface area (Å²) in [6.07, 6.45) is 2.12. The molecular formula is C10H11NO2. The highest BCUT2D eigenvalue weighted by Crippen LogP contribution is 2.25. The fourth-order valence-corrected chi connectivity index (χ4v) is 1.78. The van der Waals surface area contributed by atoms with Gasteiger partial charge in [-0.05, 0) is 47.7 Å². The molecule has 0 saturated carbocycles. The minimum absolute atomic E-state index is 0.220. The average Bonchev–Trinajstić information content (AvgIpc) is 2.17. The molecule has 3 heteroatoms. The van der Waals surface area contributed by atoms with Crippen molar-refractivity contribution in [2.45, 2.75) is 25.4 Å². The van der Waals surface area contributed by atoms with Crippen LogP contribution in [0.3, 0.4) is 0 Å². The van der Waals surface area contributed by atoms with Gasteiger partial charge in [0.15, 0.2) is 0 Å². The van der Waals surface area contributed by atoms with Crippen molar-refractivity contribution < 1.29 is 5.11 Å². The highest BCUT2D eigenvalue weighted by molar-refractivity contribution is 5.45. The van der Waals surface area contributed by atoms with Crippen molar-refractivity contribution in [3.63, 3.8) is 0 Å². The average molecular weight is 177 g/mol. The van der Waals surface area contributed by atoms with Crippen LogP contribution in [-0.4, -0.2) is 11.2 Å². The number of rotatable bonds is 1. The number of nitroso groups, excluding NO2 is 1. The van der Waals surface area contributed by atoms with E-state index in [-0.39, 0.29) is 6.10 Å². The molecule has 68 valence electrons. The lowest BCUT2D eigenvalue weighted by Gasteiger charge is -2.20. The first-order valence-corrected chi connectivity index (χ1v) is 4.43. The van der Waals surface area contributed by atoms with E-state index in [9.17, 15) is 10.0 Å². The monoisotopic (exact) mass is 177 g/mol. The normalized spacial score (nSPS) is 20.8. The van der Waals surface area contributed by atoms with E-state index in [2.05, 4.69) is 5.18 Å². The molecule has 1 aromatic carbocycles. The number of fused-ring (bicyclic) bond motifs is 1. The van der Waals surface area contributed by atoms with Crippen molar-refractivity contribution in [3.05, 3.63) is 34.2 Å². The van der Waals surface area contributed by atoms with E-state index in [0.717, 1.165) is 24.0 Å². The number of hydrogen-bond donors (Lipinski definition) is 1. The van der Waals surface area contributed by atoms with Gasteiger partial charge >= 0.3 is 0 Å². The third-order valence-electron chi connectivity index (χ3n) is 2.50. The van der Waals surface area contributed by atoms with Crippen LogP contribution >= 0.6 is 0 Å². The van der Waals surface area contributed by atoms with Gasteiger partial charge in [0.1, 0.15) is 5.69 Å². The Balaban J connectivity index is 2.36. The number of aryl methyl sites for hydroxylation is 1. The lowest BCUT2D eigenvalue weighted by atomic mass is 9.89. The van der Waals surface area contributed by atoms with E-state index < -0.39 is 0 Å². The van der Waals surface area contributed by atoms with E-state index in [1.165, 1.54) is 0 Å². The Morgan fingerprint density at radius 3 is 3.00 bits per heavy atom. The third kappa shape index (κ3) is 1.60. The first-order chi connectivity index (χ1) is 6.29. The number of aliphatic hydroxyl groups excluding tert-OH is 1. The number of hydrogen-bond acceptors (Lipinski definition) is 3. The third-order valence-corrected chi connectivity index (χ3v) is 2.50. The van der Waals surface area contributed by atoms with Crippen LogP contribution in [0.25, 0.3) is 0 Å². The Hall–Kier alpha value is -1.22. The summed E-state index contributed by atoms with van der Waals surface area (Å²) in [4.78, 5) is 10.3. The van der Waals surface area contributed by atoms with Gasteiger partial charge in [-0.2, -0.15) is 0 Å². The summed E-state index contributed by atoms with van der Waals surface area (Å²) in [7, 11) is 0. The predicted octanol–water partition coefficient (Wildman–Crippen LogP) is 1.93. The summed E-state index contributed by atoms with van der Waals surface area (Å²) < 4.78 is 0. The zero-order valence-corrected chi connectivity index (χ0v) is 7.23. The van der Waals surface area contributed by atoms with Crippen LogP contribution in [0.4, 0.5) is 5.69 Å². The second kappa shape index (κ2) is 3.26. The molecule has 1 aliphatic carbocycles. The molecule has 0 heterocycles. The summed E-state index contributed by atoms with van der Waals surface area (Å²) in [5.41, 5.74) is 2.78. The quantitative estimate of drug-likeness (QED) is 0.666. The molecule has 0 unspecified atom stereocenters. The van der Waals surface area contributed by atoms with Gasteiger partial charge in [-0.15, -0.1) is 4.91 Å². The molecule has 1 N–H and O–H groups in total. The van der Waals surface area contributed by atoms with Crippen LogP contribution in [0.1, 0.15) is 17.5 Å². The van der Waals surface area contributed by atoms with Gasteiger partial charge in [0, 0.05) is 0 Å². The van der Waals surface area contributed by atoms with Crippen LogP contribution in [-0.2, 0) is 12.8 Å². The highest BCUT2D eigenvalue weighted by Gasteiger charge is 2.16. The summed E-state index contributed by atoms with van der Waals surface area (Å²) in [5, 5.41) is 12.3. The first kappa shape index (κ1) is 8.38. The van der Waals surface area contributed by atoms with E-state index in [1.807, 2.05) is 12.1 Å². The molecule has 1 aliphatic rings. The van der Waals surface area contributed by atoms with E-state index in [0.29, 0.717) is 12.1 Å². The lowest BCUT2D eigenvalue weighted by Crippen LogP contribution is -2.18. The molecule has 0 amide bonds. The predicted molar refractivity (Wildman–Crippen MR) is 49.9 cm³/mol. The molecule has 1 aromatic rings. The van der Waals surface area contributed by atoms with Crippen LogP contribution in [0.2, 0.25) is 0 Å². The van der Waals surface area contributed by atoms with Crippen LogP contribution in [0, 0.1) is 4.91 Å². The van der Waals surface area contributed by atoms with Gasteiger partial charge in [0.05, 0.1) is 6.10 Å². The Labute approximate surface area is 76.4 Å². The van der Waals surface area contributed by atoms with Crippen molar-refractivity contribution in [3.8, 4) is 0 Å². The van der Waals surface area contributed by atoms with Crippen LogP contribution < -0.4 is 0 Å². The molecule has 0 fully saturated rings. The van der Waals surface area contributed by atoms with E-state index >= 15 is 0 Å². The first-order valence-electron chi connectivity index (χ1n) is 4.43. The Bertz CT molecular complexity index is 336. The van der Waals surface area contributed by atoms with Crippen molar-refractivity contribution in [1.29, 1.82) is 0 Å². The van der Waals surface area contributed by atoms with Crippen molar-refractivity contribution >= 4 is 5.69 Å². The van der Waals surface area contributed by atoms with Gasteiger partial charge < -0.3 is 5.11 Å². The topological polar surface area (TPSA) is 49.7 Å². The lowest BCUT2D eigenvalue weighted by molar-refractivity contribution is 0.158. The zero-order valence-electron chi connectivity index (χ0n) is 7.23. The van der Waals surface area contributed by atoms with E-state index in [1.54, 1.807) is 6.07 Å². The van der Waals surface area contributed by atoms with E-state index in [4.69, 9.17) is 0 Å². The standard InChI is InChI=1S/C10H11NO2/c12-10-4-2-7-5-9(11-13)3-1-8(7)6-10/h1,3,5,10,12H,2,4,6H2/t10-/m1/s1. The van der Waals surface area contributed by atoms with Crippen molar-refractivity contribution in [2.75, 3.05) is 0 Å². The summed E-state index contributed by atoms with van der Waals surface area (Å²) in [5.74, 6) is 0. The Kier molecular flexibility index (Phi) is 2.10. The van der Waals surface area contributed by atoms with Crippen molar-refractivity contribution in [2.24, 2.45) is 5.18 Å². The number of aliphatic hydroxyl groups is 1. The van der Waals surface area contributed by atoms with Gasteiger partial charge in [0.25, 0.3) is 0 Å². The molecule has 0 spiro atoms. The Morgan fingerprint density at radius 1 is 1.38 bits per heavy atom. The minimum Gasteiger partial charge on any atom is -0.393 e. The largest absolute Gasteiger partial charge is 0.393 e. The zero-order chi connectivity index (χ0) is 9.26. The molecule has 13 heavy (non-hydrogen) atoms. The number of benzene rings is 1. The second-order valence-corrected chi connectivity index (χ2v) is 3.44. The minimum atomic E-state index is -0.220. The number of nitrogens with zero attached hydrogens (tertiary/aromatic N) is 1. The molecule has 0 saturated heterocycles. The Morgan fingerprint density at radius 2 is 2.23 bits per heavy atom. The molecule has 0 aromatic heterocycles.